The van der Waals surface area contributed by atoms with Gasteiger partial charge < -0.3 is 179 Å². The van der Waals surface area contributed by atoms with Crippen molar-refractivity contribution in [1.29, 1.82) is 0 Å². The predicted molar refractivity (Wildman–Crippen MR) is 232 cm³/mol. The van der Waals surface area contributed by atoms with Crippen molar-refractivity contribution in [1.82, 2.24) is 0 Å². The van der Waals surface area contributed by atoms with Crippen molar-refractivity contribution in [2.24, 2.45) is 0 Å². The van der Waals surface area contributed by atoms with E-state index in [1.54, 1.807) is 0 Å². The second kappa shape index (κ2) is 27.5. The molecular weight excluding hydrogens is 1080 g/mol. The Kier molecular flexibility index (Phi) is 22.6. The van der Waals surface area contributed by atoms with Crippen LogP contribution in [0.5, 0.6) is 0 Å². The van der Waals surface area contributed by atoms with Crippen LogP contribution in [-0.2, 0) is 61.6 Å². The van der Waals surface area contributed by atoms with Crippen LogP contribution in [0.25, 0.3) is 0 Å². The zero-order chi connectivity index (χ0) is 57.3. The molecule has 0 amide bonds. The summed E-state index contributed by atoms with van der Waals surface area (Å²) in [6, 6.07) is 0. The van der Waals surface area contributed by atoms with E-state index in [4.69, 9.17) is 61.6 Å². The Morgan fingerprint density at radius 2 is 0.449 bits per heavy atom. The van der Waals surface area contributed by atoms with E-state index in [1.165, 1.54) is 0 Å². The Morgan fingerprint density at radius 3 is 0.769 bits per heavy atom. The van der Waals surface area contributed by atoms with E-state index in [0.29, 0.717) is 0 Å². The standard InChI is InChI=1S/C42H72O36/c43-1-8-15(49)17(51)25(59)38(68-8)75-32-11(4-46)70-37(27(61)20(32)54)66-7-14-35(78-41-29(63)22(56)33(12(5-47)72-41)76-39-26(60)18(52)16(50)9(2-44)69-39)23(57)30(64)42(73-14)77-34-13(6-48)71-40(28(62)21(34)55)74-31-10(3-45)67-36(65)24(58)19(31)53/h8-65H,1-7H2/t8-,9-,10-,11-,12-,13-,14-,15-,16-,17+,18+,19-,20-,21-,22-,23-,24-,25-,26-,27-,28-,29-,30-,31-,32-,33-,34-,35-,36+,37+,38-,39-,40-,41-,42-/m1/s1. The first kappa shape index (κ1) is 64.1. The molecule has 7 heterocycles. The van der Waals surface area contributed by atoms with Crippen molar-refractivity contribution in [3.05, 3.63) is 0 Å². The molecule has 7 aliphatic rings. The number of rotatable bonds is 19. The molecule has 23 N–H and O–H groups in total. The molecular formula is C42H72O36. The maximum absolute atomic E-state index is 11.7. The van der Waals surface area contributed by atoms with Gasteiger partial charge in [0, 0.05) is 0 Å². The highest BCUT2D eigenvalue weighted by Gasteiger charge is 2.58. The Labute approximate surface area is 439 Å². The first-order valence-corrected chi connectivity index (χ1v) is 24.7. The van der Waals surface area contributed by atoms with Crippen LogP contribution in [0.4, 0.5) is 0 Å². The van der Waals surface area contributed by atoms with Crippen molar-refractivity contribution in [2.75, 3.05) is 46.2 Å². The van der Waals surface area contributed by atoms with Gasteiger partial charge in [-0.1, -0.05) is 0 Å². The zero-order valence-corrected chi connectivity index (χ0v) is 40.8. The number of aliphatic hydroxyl groups is 23. The van der Waals surface area contributed by atoms with Gasteiger partial charge in [-0.25, -0.2) is 0 Å². The summed E-state index contributed by atoms with van der Waals surface area (Å²) in [5, 5.41) is 244. The van der Waals surface area contributed by atoms with Gasteiger partial charge in [-0.15, -0.1) is 0 Å². The van der Waals surface area contributed by atoms with Gasteiger partial charge in [0.15, 0.2) is 44.0 Å². The molecule has 36 nitrogen and oxygen atoms in total. The molecule has 7 fully saturated rings. The zero-order valence-electron chi connectivity index (χ0n) is 40.8. The molecule has 0 aromatic carbocycles. The van der Waals surface area contributed by atoms with E-state index in [2.05, 4.69) is 0 Å². The van der Waals surface area contributed by atoms with Crippen molar-refractivity contribution in [3.8, 4) is 0 Å². The van der Waals surface area contributed by atoms with E-state index in [1.807, 2.05) is 0 Å². The monoisotopic (exact) mass is 1150 g/mol. The molecule has 0 radical (unpaired) electrons. The van der Waals surface area contributed by atoms with E-state index in [0.717, 1.165) is 0 Å². The average Bonchev–Trinajstić information content (AvgIpc) is 3.47. The first-order chi connectivity index (χ1) is 37.0. The highest BCUT2D eigenvalue weighted by atomic mass is 16.8. The van der Waals surface area contributed by atoms with Gasteiger partial charge in [0.2, 0.25) is 0 Å². The van der Waals surface area contributed by atoms with Crippen molar-refractivity contribution in [3.63, 3.8) is 0 Å². The van der Waals surface area contributed by atoms with Crippen LogP contribution < -0.4 is 0 Å². The quantitative estimate of drug-likeness (QED) is 0.0571. The maximum Gasteiger partial charge on any atom is 0.187 e. The summed E-state index contributed by atoms with van der Waals surface area (Å²) in [5.74, 6) is 0. The molecule has 7 rings (SSSR count). The number of aliphatic hydroxyl groups excluding tert-OH is 23. The van der Waals surface area contributed by atoms with Crippen LogP contribution in [0.2, 0.25) is 0 Å². The van der Waals surface area contributed by atoms with Crippen LogP contribution in [0.15, 0.2) is 0 Å². The summed E-state index contributed by atoms with van der Waals surface area (Å²) in [6.45, 7) is -6.87. The Bertz CT molecular complexity index is 1810. The SMILES string of the molecule is OC[C@H]1O[C@H](O[C@H]2[C@H](O)[C@@H](O)[C@@H](OC[C@H]3O[C@H](O[C@H]4[C@H](O)[C@@H](O)[C@@H](O[C@H]5[C@H](O)[C@@H](O)[C@@H](O)O[C@@H]5CO)O[C@@H]4CO)[C@H](O)[C@@H](O)[C@@H]3O[C@H]3O[C@H](CO)[C@@H](O[C@H]4O[C@H](CO)[C@@H](O)[C@H](O)[C@H]4O)[C@H](O)[C@H]3O)O[C@@H]2CO)[C@H](O)[C@@H](O)[C@@H]1O. The van der Waals surface area contributed by atoms with Crippen LogP contribution in [0.3, 0.4) is 0 Å². The van der Waals surface area contributed by atoms with Crippen LogP contribution in [0, 0.1) is 0 Å². The van der Waals surface area contributed by atoms with Gasteiger partial charge >= 0.3 is 0 Å². The third-order valence-corrected chi connectivity index (χ3v) is 14.5. The lowest BCUT2D eigenvalue weighted by molar-refractivity contribution is -0.397. The summed E-state index contributed by atoms with van der Waals surface area (Å²) in [4.78, 5) is 0. The second-order valence-electron chi connectivity index (χ2n) is 19.6. The number of hydrogen-bond acceptors (Lipinski definition) is 36. The smallest absolute Gasteiger partial charge is 0.187 e. The first-order valence-electron chi connectivity index (χ1n) is 24.7. The Morgan fingerprint density at radius 1 is 0.218 bits per heavy atom. The highest BCUT2D eigenvalue weighted by molar-refractivity contribution is 5.00. The third-order valence-electron chi connectivity index (χ3n) is 14.5. The summed E-state index contributed by atoms with van der Waals surface area (Å²) >= 11 is 0. The van der Waals surface area contributed by atoms with Gasteiger partial charge in [-0.2, -0.15) is 0 Å². The summed E-state index contributed by atoms with van der Waals surface area (Å²) in [7, 11) is 0. The van der Waals surface area contributed by atoms with Gasteiger partial charge in [-0.3, -0.25) is 0 Å². The molecule has 456 valence electrons. The molecule has 0 saturated carbocycles. The van der Waals surface area contributed by atoms with E-state index < -0.39 is 261 Å². The molecule has 78 heavy (non-hydrogen) atoms. The van der Waals surface area contributed by atoms with Crippen LogP contribution >= 0.6 is 0 Å². The Hall–Kier alpha value is -1.44. The second-order valence-corrected chi connectivity index (χ2v) is 19.6. The Balaban J connectivity index is 1.10. The van der Waals surface area contributed by atoms with Gasteiger partial charge in [0.1, 0.15) is 171 Å². The molecule has 7 aliphatic heterocycles. The molecule has 36 heteroatoms. The van der Waals surface area contributed by atoms with E-state index in [9.17, 15) is 117 Å². The number of hydrogen-bond donors (Lipinski definition) is 23. The predicted octanol–water partition coefficient (Wildman–Crippen LogP) is -16.3. The molecule has 7 saturated heterocycles. The molecule has 0 aromatic heterocycles. The maximum atomic E-state index is 11.7. The largest absolute Gasteiger partial charge is 0.394 e. The topological polar surface area (TPSA) is 585 Å². The van der Waals surface area contributed by atoms with Crippen molar-refractivity contribution < 1.29 is 179 Å². The highest BCUT2D eigenvalue weighted by Crippen LogP contribution is 2.37. The minimum absolute atomic E-state index is 0.875. The van der Waals surface area contributed by atoms with E-state index in [-0.39, 0.29) is 0 Å². The summed E-state index contributed by atoms with van der Waals surface area (Å²) in [6.07, 6.45) is -68.7. The lowest BCUT2D eigenvalue weighted by Crippen LogP contribution is -2.68. The van der Waals surface area contributed by atoms with Gasteiger partial charge in [-0.05, 0) is 0 Å². The molecule has 35 atom stereocenters. The minimum Gasteiger partial charge on any atom is -0.394 e. The normalized spacial score (nSPS) is 53.5. The summed E-state index contributed by atoms with van der Waals surface area (Å²) in [5.41, 5.74) is 0. The van der Waals surface area contributed by atoms with Crippen LogP contribution in [-0.4, -0.2) is 379 Å². The molecule has 0 bridgehead atoms. The lowest BCUT2D eigenvalue weighted by atomic mass is 9.95. The van der Waals surface area contributed by atoms with E-state index >= 15 is 0 Å². The number of ether oxygens (including phenoxy) is 13. The average molecular weight is 1150 g/mol. The fraction of sp³-hybridized carbons (Fsp3) is 1.00. The third kappa shape index (κ3) is 13.1. The fourth-order valence-electron chi connectivity index (χ4n) is 9.90. The van der Waals surface area contributed by atoms with Crippen LogP contribution in [0.1, 0.15) is 0 Å². The lowest BCUT2D eigenvalue weighted by Gasteiger charge is -2.50. The molecule has 0 aliphatic carbocycles. The molecule has 0 unspecified atom stereocenters. The molecule has 0 spiro atoms. The van der Waals surface area contributed by atoms with Gasteiger partial charge in [0.05, 0.1) is 46.2 Å². The summed E-state index contributed by atoms with van der Waals surface area (Å²) < 4.78 is 72.7. The molecule has 0 aromatic rings. The van der Waals surface area contributed by atoms with Crippen molar-refractivity contribution in [2.45, 2.75) is 215 Å². The van der Waals surface area contributed by atoms with Crippen molar-refractivity contribution >= 4 is 0 Å². The van der Waals surface area contributed by atoms with Gasteiger partial charge in [0.25, 0.3) is 0 Å². The minimum atomic E-state index is -2.34. The fourth-order valence-corrected chi connectivity index (χ4v) is 9.90.